The molecule has 0 N–H and O–H groups in total. The van der Waals surface area contributed by atoms with Gasteiger partial charge in [-0.3, -0.25) is 0 Å². The van der Waals surface area contributed by atoms with Crippen LogP contribution < -0.4 is 0 Å². The van der Waals surface area contributed by atoms with Gasteiger partial charge in [-0.15, -0.1) is 0 Å². The fourth-order valence-corrected chi connectivity index (χ4v) is 9.44. The van der Waals surface area contributed by atoms with Crippen LogP contribution in [0.25, 0.3) is 105 Å². The maximum Gasteiger partial charge on any atom is 0.0825 e. The lowest BCUT2D eigenvalue weighted by molar-refractivity contribution is 1.17. The molecule has 12 aromatic rings. The Morgan fingerprint density at radius 3 is 1.27 bits per heavy atom. The average Bonchev–Trinajstić information content (AvgIpc) is 3.95. The van der Waals surface area contributed by atoms with Crippen molar-refractivity contribution in [2.75, 3.05) is 0 Å². The molecule has 0 amide bonds. The van der Waals surface area contributed by atoms with Crippen molar-refractivity contribution in [3.63, 3.8) is 0 Å². The Balaban J connectivity index is 1.20. The highest BCUT2D eigenvalue weighted by molar-refractivity contribution is 6.29. The summed E-state index contributed by atoms with van der Waals surface area (Å²) in [6, 6.07) is 81.6. The van der Waals surface area contributed by atoms with E-state index in [1.165, 1.54) is 88.0 Å². The van der Waals surface area contributed by atoms with Gasteiger partial charge in [0.1, 0.15) is 0 Å². The van der Waals surface area contributed by atoms with Crippen LogP contribution in [0.3, 0.4) is 0 Å². The molecule has 0 spiro atoms. The number of rotatable bonds is 6. The van der Waals surface area contributed by atoms with E-state index in [9.17, 15) is 0 Å². The van der Waals surface area contributed by atoms with Crippen molar-refractivity contribution in [1.29, 1.82) is 0 Å². The zero-order valence-electron chi connectivity index (χ0n) is 32.2. The molecule has 3 heterocycles. The summed E-state index contributed by atoms with van der Waals surface area (Å²) in [4.78, 5) is 0. The van der Waals surface area contributed by atoms with Gasteiger partial charge in [0.15, 0.2) is 0 Å². The van der Waals surface area contributed by atoms with Crippen molar-refractivity contribution < 1.29 is 0 Å². The van der Waals surface area contributed by atoms with Crippen molar-refractivity contribution in [3.05, 3.63) is 224 Å². The summed E-state index contributed by atoms with van der Waals surface area (Å²) in [7, 11) is 0. The van der Waals surface area contributed by atoms with E-state index in [0.29, 0.717) is 0 Å². The van der Waals surface area contributed by atoms with Gasteiger partial charge < -0.3 is 13.7 Å². The van der Waals surface area contributed by atoms with Crippen LogP contribution in [-0.2, 0) is 0 Å². The van der Waals surface area contributed by atoms with E-state index in [2.05, 4.69) is 238 Å². The highest BCUT2D eigenvalue weighted by atomic mass is 15.1. The minimum Gasteiger partial charge on any atom is -0.308 e. The molecule has 0 aliphatic rings. The number of hydrogen-bond donors (Lipinski definition) is 0. The quantitative estimate of drug-likeness (QED) is 0.161. The summed E-state index contributed by atoms with van der Waals surface area (Å²) in [6.45, 7) is 0. The molecule has 0 bridgehead atoms. The SMILES string of the molecule is c1ccc(-c2cc(-c3ccccc3)cc(-c3cccc(-n4c5ccccc5c5ccc6c(c54)c4c(c5ccccc5n4-c4ccccc4)n6-c4ccccc4)c3)c2)cc1. The summed E-state index contributed by atoms with van der Waals surface area (Å²) >= 11 is 0. The molecule has 0 aliphatic heterocycles. The molecule has 12 rings (SSSR count). The zero-order chi connectivity index (χ0) is 38.9. The third-order valence-electron chi connectivity index (χ3n) is 12.0. The van der Waals surface area contributed by atoms with Crippen molar-refractivity contribution in [2.24, 2.45) is 0 Å². The molecule has 3 nitrogen and oxygen atoms in total. The van der Waals surface area contributed by atoms with Gasteiger partial charge in [0.2, 0.25) is 0 Å². The second kappa shape index (κ2) is 13.4. The van der Waals surface area contributed by atoms with Gasteiger partial charge in [-0.2, -0.15) is 0 Å². The Hall–Kier alpha value is -7.88. The smallest absolute Gasteiger partial charge is 0.0825 e. The maximum absolute atomic E-state index is 2.51. The van der Waals surface area contributed by atoms with E-state index >= 15 is 0 Å². The first-order valence-electron chi connectivity index (χ1n) is 20.3. The second-order valence-corrected chi connectivity index (χ2v) is 15.3. The van der Waals surface area contributed by atoms with Crippen molar-refractivity contribution in [1.82, 2.24) is 13.7 Å². The average molecular weight is 752 g/mol. The molecular weight excluding hydrogens is 715 g/mol. The number of benzene rings is 9. The van der Waals surface area contributed by atoms with Crippen LogP contribution in [0, 0.1) is 0 Å². The lowest BCUT2D eigenvalue weighted by atomic mass is 9.93. The molecule has 0 atom stereocenters. The van der Waals surface area contributed by atoms with Crippen LogP contribution in [0.1, 0.15) is 0 Å². The second-order valence-electron chi connectivity index (χ2n) is 15.3. The van der Waals surface area contributed by atoms with E-state index in [1.54, 1.807) is 0 Å². The predicted molar refractivity (Wildman–Crippen MR) is 248 cm³/mol. The first kappa shape index (κ1) is 33.3. The Bertz CT molecular complexity index is 3420. The molecule has 0 unspecified atom stereocenters. The minimum atomic E-state index is 1.12. The Labute approximate surface area is 341 Å². The summed E-state index contributed by atoms with van der Waals surface area (Å²) in [5.41, 5.74) is 17.7. The lowest BCUT2D eigenvalue weighted by Crippen LogP contribution is -1.97. The Morgan fingerprint density at radius 2 is 0.661 bits per heavy atom. The molecule has 0 fully saturated rings. The van der Waals surface area contributed by atoms with Gasteiger partial charge in [0.05, 0.1) is 33.1 Å². The van der Waals surface area contributed by atoms with Gasteiger partial charge in [-0.1, -0.05) is 152 Å². The van der Waals surface area contributed by atoms with Crippen LogP contribution in [0.4, 0.5) is 0 Å². The third-order valence-corrected chi connectivity index (χ3v) is 12.0. The van der Waals surface area contributed by atoms with E-state index < -0.39 is 0 Å². The molecular formula is C56H37N3. The Kier molecular flexibility index (Phi) is 7.54. The monoisotopic (exact) mass is 751 g/mol. The van der Waals surface area contributed by atoms with Crippen molar-refractivity contribution in [3.8, 4) is 50.4 Å². The lowest BCUT2D eigenvalue weighted by Gasteiger charge is -2.14. The number of hydrogen-bond acceptors (Lipinski definition) is 0. The van der Waals surface area contributed by atoms with Gasteiger partial charge >= 0.3 is 0 Å². The fraction of sp³-hybridized carbons (Fsp3) is 0. The van der Waals surface area contributed by atoms with Gasteiger partial charge in [-0.05, 0) is 106 Å². The molecule has 3 heteroatoms. The molecule has 9 aromatic carbocycles. The Morgan fingerprint density at radius 1 is 0.220 bits per heavy atom. The van der Waals surface area contributed by atoms with Gasteiger partial charge in [0.25, 0.3) is 0 Å². The van der Waals surface area contributed by atoms with Crippen LogP contribution in [0.2, 0.25) is 0 Å². The van der Waals surface area contributed by atoms with Crippen molar-refractivity contribution in [2.45, 2.75) is 0 Å². The molecule has 0 radical (unpaired) electrons. The summed E-state index contributed by atoms with van der Waals surface area (Å²) in [5.74, 6) is 0. The summed E-state index contributed by atoms with van der Waals surface area (Å²) < 4.78 is 7.46. The number of aromatic nitrogens is 3. The number of para-hydroxylation sites is 4. The van der Waals surface area contributed by atoms with E-state index in [-0.39, 0.29) is 0 Å². The van der Waals surface area contributed by atoms with Crippen LogP contribution in [0.5, 0.6) is 0 Å². The van der Waals surface area contributed by atoms with Crippen LogP contribution in [0.15, 0.2) is 224 Å². The number of nitrogens with zero attached hydrogens (tertiary/aromatic N) is 3. The molecule has 0 aliphatic carbocycles. The topological polar surface area (TPSA) is 14.8 Å². The fourth-order valence-electron chi connectivity index (χ4n) is 9.44. The van der Waals surface area contributed by atoms with E-state index in [0.717, 1.165) is 17.1 Å². The highest BCUT2D eigenvalue weighted by Gasteiger charge is 2.26. The minimum absolute atomic E-state index is 1.12. The molecule has 3 aromatic heterocycles. The predicted octanol–water partition coefficient (Wildman–Crippen LogP) is 14.8. The zero-order valence-corrected chi connectivity index (χ0v) is 32.2. The largest absolute Gasteiger partial charge is 0.308 e. The van der Waals surface area contributed by atoms with Crippen LogP contribution in [-0.4, -0.2) is 13.7 Å². The number of fused-ring (bicyclic) bond motifs is 9. The summed E-state index contributed by atoms with van der Waals surface area (Å²) in [5, 5.41) is 4.90. The summed E-state index contributed by atoms with van der Waals surface area (Å²) in [6.07, 6.45) is 0. The first-order valence-corrected chi connectivity index (χ1v) is 20.3. The highest BCUT2D eigenvalue weighted by Crippen LogP contribution is 2.46. The maximum atomic E-state index is 2.51. The first-order chi connectivity index (χ1) is 29.3. The molecule has 276 valence electrons. The van der Waals surface area contributed by atoms with E-state index in [4.69, 9.17) is 0 Å². The normalized spacial score (nSPS) is 11.7. The molecule has 0 saturated carbocycles. The molecule has 59 heavy (non-hydrogen) atoms. The molecule has 0 saturated heterocycles. The van der Waals surface area contributed by atoms with Gasteiger partial charge in [-0.25, -0.2) is 0 Å². The standard InChI is InChI=1S/C56H37N3/c1-5-18-38(19-6-1)41-34-42(39-20-7-2-8-21-39)36-43(35-41)40-22-17-27-46(37-40)59-50-30-15-13-28-47(50)48-32-33-52-53(54(48)59)56-55(58(52)45-25-11-4-12-26-45)49-29-14-16-31-51(49)57(56)44-23-9-3-10-24-44/h1-37H. The van der Waals surface area contributed by atoms with Crippen LogP contribution >= 0.6 is 0 Å². The van der Waals surface area contributed by atoms with Gasteiger partial charge in [0, 0.05) is 38.6 Å². The van der Waals surface area contributed by atoms with Crippen molar-refractivity contribution >= 4 is 54.6 Å². The third kappa shape index (κ3) is 5.22. The van der Waals surface area contributed by atoms with E-state index in [1.807, 2.05) is 0 Å².